The van der Waals surface area contributed by atoms with E-state index in [1.54, 1.807) is 4.90 Å². The largest absolute Gasteiger partial charge is 0.354 e. The lowest BCUT2D eigenvalue weighted by molar-refractivity contribution is -0.133. The number of hydrogen-bond acceptors (Lipinski definition) is 3. The molecule has 2 amide bonds. The highest BCUT2D eigenvalue weighted by molar-refractivity contribution is 5.87. The average molecular weight is 199 g/mol. The molecule has 5 nitrogen and oxygen atoms in total. The molecule has 1 unspecified atom stereocenters. The Morgan fingerprint density at radius 3 is 2.93 bits per heavy atom. The van der Waals surface area contributed by atoms with Crippen molar-refractivity contribution in [3.05, 3.63) is 0 Å². The summed E-state index contributed by atoms with van der Waals surface area (Å²) in [6.07, 6.45) is 0.405. The van der Waals surface area contributed by atoms with E-state index in [-0.39, 0.29) is 24.4 Å². The van der Waals surface area contributed by atoms with Crippen LogP contribution in [0.4, 0.5) is 0 Å². The molecule has 0 aliphatic carbocycles. The highest BCUT2D eigenvalue weighted by Crippen LogP contribution is 1.99. The molecule has 1 heterocycles. The Kier molecular flexibility index (Phi) is 3.88. The Bertz CT molecular complexity index is 230. The van der Waals surface area contributed by atoms with Crippen LogP contribution in [0.15, 0.2) is 0 Å². The fourth-order valence-electron chi connectivity index (χ4n) is 1.37. The summed E-state index contributed by atoms with van der Waals surface area (Å²) in [6, 6.07) is 0.213. The van der Waals surface area contributed by atoms with Crippen LogP contribution in [0.25, 0.3) is 0 Å². The summed E-state index contributed by atoms with van der Waals surface area (Å²) in [5.41, 5.74) is 0. The topological polar surface area (TPSA) is 61.4 Å². The molecule has 0 radical (unpaired) electrons. The molecule has 0 aromatic carbocycles. The lowest BCUT2D eigenvalue weighted by atomic mass is 10.3. The van der Waals surface area contributed by atoms with Gasteiger partial charge in [-0.1, -0.05) is 0 Å². The predicted molar refractivity (Wildman–Crippen MR) is 52.7 cm³/mol. The molecule has 0 aromatic heterocycles. The maximum atomic E-state index is 11.5. The highest BCUT2D eigenvalue weighted by Gasteiger charge is 2.21. The first kappa shape index (κ1) is 11.0. The van der Waals surface area contributed by atoms with Crippen LogP contribution in [0.5, 0.6) is 0 Å². The van der Waals surface area contributed by atoms with E-state index in [1.807, 2.05) is 14.0 Å². The molecule has 1 rings (SSSR count). The Morgan fingerprint density at radius 1 is 1.57 bits per heavy atom. The zero-order valence-corrected chi connectivity index (χ0v) is 8.67. The quantitative estimate of drug-likeness (QED) is 0.609. The molecule has 1 aliphatic rings. The smallest absolute Gasteiger partial charge is 0.239 e. The SMILES string of the molecule is CNC(C)CN1CC(=O)NCCC1=O. The molecule has 1 atom stereocenters. The van der Waals surface area contributed by atoms with Crippen molar-refractivity contribution < 1.29 is 9.59 Å². The summed E-state index contributed by atoms with van der Waals surface area (Å²) in [5, 5.41) is 5.72. The van der Waals surface area contributed by atoms with Crippen molar-refractivity contribution in [1.29, 1.82) is 0 Å². The molecule has 14 heavy (non-hydrogen) atoms. The van der Waals surface area contributed by atoms with Crippen LogP contribution in [0.3, 0.4) is 0 Å². The lowest BCUT2D eigenvalue weighted by Gasteiger charge is -2.22. The van der Waals surface area contributed by atoms with Gasteiger partial charge in [-0.3, -0.25) is 9.59 Å². The van der Waals surface area contributed by atoms with Crippen LogP contribution in [0, 0.1) is 0 Å². The zero-order valence-electron chi connectivity index (χ0n) is 8.67. The van der Waals surface area contributed by atoms with Crippen LogP contribution in [0.1, 0.15) is 13.3 Å². The van der Waals surface area contributed by atoms with Crippen molar-refractivity contribution in [2.24, 2.45) is 0 Å². The molecule has 0 aromatic rings. The summed E-state index contributed by atoms with van der Waals surface area (Å²) >= 11 is 0. The highest BCUT2D eigenvalue weighted by atomic mass is 16.2. The first-order chi connectivity index (χ1) is 6.63. The summed E-state index contributed by atoms with van der Waals surface area (Å²) in [5.74, 6) is -0.0235. The van der Waals surface area contributed by atoms with Crippen LogP contribution in [-0.2, 0) is 9.59 Å². The number of carbonyl (C=O) groups excluding carboxylic acids is 2. The molecule has 0 bridgehead atoms. The molecule has 5 heteroatoms. The minimum absolute atomic E-state index is 0.0467. The number of carbonyl (C=O) groups is 2. The van der Waals surface area contributed by atoms with Crippen LogP contribution in [-0.4, -0.2) is 49.4 Å². The molecular formula is C9H17N3O2. The third kappa shape index (κ3) is 2.99. The zero-order chi connectivity index (χ0) is 10.6. The van der Waals surface area contributed by atoms with E-state index in [4.69, 9.17) is 0 Å². The Hall–Kier alpha value is -1.10. The second-order valence-corrected chi connectivity index (χ2v) is 3.56. The van der Waals surface area contributed by atoms with E-state index in [0.29, 0.717) is 19.5 Å². The van der Waals surface area contributed by atoms with Crippen molar-refractivity contribution >= 4 is 11.8 Å². The maximum Gasteiger partial charge on any atom is 0.239 e. The summed E-state index contributed by atoms with van der Waals surface area (Å²) in [6.45, 7) is 3.21. The average Bonchev–Trinajstić information content (AvgIpc) is 2.29. The predicted octanol–water partition coefficient (Wildman–Crippen LogP) is -1.06. The van der Waals surface area contributed by atoms with Gasteiger partial charge >= 0.3 is 0 Å². The van der Waals surface area contributed by atoms with Crippen LogP contribution in [0.2, 0.25) is 0 Å². The number of hydrogen-bond donors (Lipinski definition) is 2. The van der Waals surface area contributed by atoms with Crippen molar-refractivity contribution in [3.8, 4) is 0 Å². The molecule has 0 spiro atoms. The van der Waals surface area contributed by atoms with E-state index >= 15 is 0 Å². The van der Waals surface area contributed by atoms with Crippen molar-refractivity contribution in [3.63, 3.8) is 0 Å². The van der Waals surface area contributed by atoms with Gasteiger partial charge in [0.1, 0.15) is 0 Å². The molecule has 2 N–H and O–H groups in total. The normalized spacial score (nSPS) is 20.3. The Morgan fingerprint density at radius 2 is 2.29 bits per heavy atom. The van der Waals surface area contributed by atoms with Gasteiger partial charge in [0.2, 0.25) is 11.8 Å². The second kappa shape index (κ2) is 4.95. The van der Waals surface area contributed by atoms with Gasteiger partial charge < -0.3 is 15.5 Å². The number of rotatable bonds is 3. The van der Waals surface area contributed by atoms with E-state index in [2.05, 4.69) is 10.6 Å². The van der Waals surface area contributed by atoms with Crippen molar-refractivity contribution in [1.82, 2.24) is 15.5 Å². The Balaban J connectivity index is 2.54. The fraction of sp³-hybridized carbons (Fsp3) is 0.778. The van der Waals surface area contributed by atoms with Gasteiger partial charge in [-0.15, -0.1) is 0 Å². The molecular weight excluding hydrogens is 182 g/mol. The van der Waals surface area contributed by atoms with Crippen molar-refractivity contribution in [2.75, 3.05) is 26.7 Å². The fourth-order valence-corrected chi connectivity index (χ4v) is 1.37. The van der Waals surface area contributed by atoms with Crippen LogP contribution >= 0.6 is 0 Å². The van der Waals surface area contributed by atoms with Crippen LogP contribution < -0.4 is 10.6 Å². The molecule has 0 saturated carbocycles. The van der Waals surface area contributed by atoms with E-state index in [1.165, 1.54) is 0 Å². The van der Waals surface area contributed by atoms with Gasteiger partial charge in [0.25, 0.3) is 0 Å². The number of nitrogens with one attached hydrogen (secondary N) is 2. The van der Waals surface area contributed by atoms with Crippen molar-refractivity contribution in [2.45, 2.75) is 19.4 Å². The molecule has 1 saturated heterocycles. The van der Waals surface area contributed by atoms with Gasteiger partial charge in [0.05, 0.1) is 6.54 Å². The summed E-state index contributed by atoms with van der Waals surface area (Å²) in [7, 11) is 1.84. The first-order valence-corrected chi connectivity index (χ1v) is 4.85. The number of nitrogens with zero attached hydrogens (tertiary/aromatic N) is 1. The van der Waals surface area contributed by atoms with Gasteiger partial charge in [0.15, 0.2) is 0 Å². The van der Waals surface area contributed by atoms with Gasteiger partial charge in [-0.2, -0.15) is 0 Å². The van der Waals surface area contributed by atoms with Gasteiger partial charge in [0, 0.05) is 25.6 Å². The van der Waals surface area contributed by atoms with E-state index in [9.17, 15) is 9.59 Å². The first-order valence-electron chi connectivity index (χ1n) is 4.85. The summed E-state index contributed by atoms with van der Waals surface area (Å²) in [4.78, 5) is 24.3. The van der Waals surface area contributed by atoms with Gasteiger partial charge in [-0.25, -0.2) is 0 Å². The maximum absolute atomic E-state index is 11.5. The minimum atomic E-state index is -0.0702. The molecule has 80 valence electrons. The van der Waals surface area contributed by atoms with E-state index in [0.717, 1.165) is 0 Å². The standard InChI is InChI=1S/C9H17N3O2/c1-7(10-2)5-12-6-8(13)11-4-3-9(12)14/h7,10H,3-6H2,1-2H3,(H,11,13). The monoisotopic (exact) mass is 199 g/mol. The number of amides is 2. The molecule has 1 fully saturated rings. The lowest BCUT2D eigenvalue weighted by Crippen LogP contribution is -2.43. The third-order valence-electron chi connectivity index (χ3n) is 2.34. The van der Waals surface area contributed by atoms with E-state index < -0.39 is 0 Å². The third-order valence-corrected chi connectivity index (χ3v) is 2.34. The second-order valence-electron chi connectivity index (χ2n) is 3.56. The molecule has 1 aliphatic heterocycles. The summed E-state index contributed by atoms with van der Waals surface area (Å²) < 4.78 is 0. The Labute approximate surface area is 83.8 Å². The number of likely N-dealkylation sites (N-methyl/N-ethyl adjacent to an activating group) is 1. The van der Waals surface area contributed by atoms with Gasteiger partial charge in [-0.05, 0) is 14.0 Å². The minimum Gasteiger partial charge on any atom is -0.354 e.